The normalized spacial score (nSPS) is 16.1. The van der Waals surface area contributed by atoms with Crippen LogP contribution in [0.15, 0.2) is 52.0 Å². The highest BCUT2D eigenvalue weighted by atomic mass is 79.9. The summed E-state index contributed by atoms with van der Waals surface area (Å²) < 4.78 is 42.5. The number of benzene rings is 1. The van der Waals surface area contributed by atoms with Gasteiger partial charge in [0.05, 0.1) is 16.3 Å². The van der Waals surface area contributed by atoms with E-state index in [4.69, 9.17) is 11.6 Å². The molecule has 4 heterocycles. The number of likely N-dealkylation sites (tertiary alicyclic amines) is 1. The number of hydrogen-bond acceptors (Lipinski definition) is 6. The molecule has 15 heteroatoms. The number of pyridine rings is 1. The Labute approximate surface area is 255 Å². The van der Waals surface area contributed by atoms with Crippen LogP contribution in [0.3, 0.4) is 0 Å². The Bertz CT molecular complexity index is 1850. The molecule has 0 bridgehead atoms. The number of carbonyl (C=O) groups is 2. The van der Waals surface area contributed by atoms with Crippen LogP contribution in [0.25, 0.3) is 5.65 Å². The number of aromatic nitrogens is 4. The van der Waals surface area contributed by atoms with Gasteiger partial charge in [0.1, 0.15) is 22.5 Å². The second-order valence-electron chi connectivity index (χ2n) is 10.6. The molecular weight excluding hydrogens is 657 g/mol. The van der Waals surface area contributed by atoms with Crippen molar-refractivity contribution in [1.29, 1.82) is 0 Å². The Morgan fingerprint density at radius 3 is 2.56 bits per heavy atom. The van der Waals surface area contributed by atoms with Crippen molar-refractivity contribution in [3.8, 4) is 5.75 Å². The number of fused-ring (bicyclic) bond motifs is 3. The van der Waals surface area contributed by atoms with Gasteiger partial charge in [0.2, 0.25) is 5.91 Å². The summed E-state index contributed by atoms with van der Waals surface area (Å²) in [5, 5.41) is 16.7. The van der Waals surface area contributed by atoms with Crippen LogP contribution in [0.2, 0.25) is 5.02 Å². The molecule has 10 nitrogen and oxygen atoms in total. The summed E-state index contributed by atoms with van der Waals surface area (Å²) >= 11 is 9.35. The summed E-state index contributed by atoms with van der Waals surface area (Å²) in [7, 11) is 0. The van der Waals surface area contributed by atoms with E-state index in [0.717, 1.165) is 18.2 Å². The van der Waals surface area contributed by atoms with Crippen LogP contribution in [-0.2, 0) is 29.4 Å². The smallest absolute Gasteiger partial charge is 0.416 e. The molecule has 1 saturated heterocycles. The van der Waals surface area contributed by atoms with E-state index in [9.17, 15) is 32.7 Å². The van der Waals surface area contributed by atoms with Crippen LogP contribution in [0, 0.1) is 0 Å². The largest absolute Gasteiger partial charge is 0.505 e. The Morgan fingerprint density at radius 2 is 1.88 bits per heavy atom. The predicted octanol–water partition coefficient (Wildman–Crippen LogP) is 4.79. The highest BCUT2D eigenvalue weighted by molar-refractivity contribution is 9.10. The molecule has 0 radical (unpaired) electrons. The lowest BCUT2D eigenvalue weighted by Crippen LogP contribution is -2.46. The Morgan fingerprint density at radius 1 is 1.14 bits per heavy atom. The molecule has 224 valence electrons. The minimum Gasteiger partial charge on any atom is -0.505 e. The third-order valence-electron chi connectivity index (χ3n) is 8.20. The fourth-order valence-corrected chi connectivity index (χ4v) is 6.71. The third kappa shape index (κ3) is 5.16. The maximum atomic E-state index is 13.8. The number of aromatic hydroxyl groups is 1. The van der Waals surface area contributed by atoms with Gasteiger partial charge in [-0.05, 0) is 71.9 Å². The summed E-state index contributed by atoms with van der Waals surface area (Å²) in [6, 6.07) is 7.23. The Kier molecular flexibility index (Phi) is 7.24. The molecule has 6 rings (SSSR count). The van der Waals surface area contributed by atoms with Crippen molar-refractivity contribution in [3.63, 3.8) is 0 Å². The highest BCUT2D eigenvalue weighted by Gasteiger charge is 2.46. The van der Waals surface area contributed by atoms with E-state index in [-0.39, 0.29) is 34.3 Å². The molecule has 0 atom stereocenters. The molecule has 2 N–H and O–H groups in total. The van der Waals surface area contributed by atoms with Crippen molar-refractivity contribution in [1.82, 2.24) is 24.1 Å². The lowest BCUT2D eigenvalue weighted by Gasteiger charge is -2.39. The van der Waals surface area contributed by atoms with Crippen molar-refractivity contribution in [3.05, 3.63) is 85.1 Å². The van der Waals surface area contributed by atoms with Crippen molar-refractivity contribution in [2.24, 2.45) is 0 Å². The van der Waals surface area contributed by atoms with Gasteiger partial charge >= 0.3 is 6.18 Å². The molecule has 0 saturated carbocycles. The van der Waals surface area contributed by atoms with Crippen molar-refractivity contribution in [2.75, 3.05) is 18.4 Å². The van der Waals surface area contributed by atoms with Gasteiger partial charge in [-0.15, -0.1) is 0 Å². The van der Waals surface area contributed by atoms with Gasteiger partial charge in [-0.3, -0.25) is 14.4 Å². The summed E-state index contributed by atoms with van der Waals surface area (Å²) in [5.74, 6) is -1.15. The topological polar surface area (TPSA) is 122 Å². The van der Waals surface area contributed by atoms with Crippen LogP contribution in [0.1, 0.15) is 46.6 Å². The molecule has 1 fully saturated rings. The molecule has 1 aliphatic heterocycles. The number of amides is 2. The van der Waals surface area contributed by atoms with E-state index in [0.29, 0.717) is 60.3 Å². The van der Waals surface area contributed by atoms with Crippen LogP contribution in [0.5, 0.6) is 5.75 Å². The quantitative estimate of drug-likeness (QED) is 0.320. The predicted molar refractivity (Wildman–Crippen MR) is 153 cm³/mol. The second-order valence-corrected chi connectivity index (χ2v) is 11.9. The number of rotatable bonds is 4. The van der Waals surface area contributed by atoms with Gasteiger partial charge in [0.25, 0.3) is 11.5 Å². The Balaban J connectivity index is 1.30. The van der Waals surface area contributed by atoms with Gasteiger partial charge in [0, 0.05) is 42.0 Å². The summed E-state index contributed by atoms with van der Waals surface area (Å²) in [5.41, 5.74) is -0.238. The first-order valence-electron chi connectivity index (χ1n) is 13.3. The van der Waals surface area contributed by atoms with E-state index in [1.807, 2.05) is 0 Å². The van der Waals surface area contributed by atoms with Crippen molar-refractivity contribution >= 4 is 50.7 Å². The lowest BCUT2D eigenvalue weighted by atomic mass is 9.74. The van der Waals surface area contributed by atoms with E-state index in [2.05, 4.69) is 31.3 Å². The van der Waals surface area contributed by atoms with Gasteiger partial charge in [-0.2, -0.15) is 22.8 Å². The summed E-state index contributed by atoms with van der Waals surface area (Å²) in [6.45, 7) is 0.421. The van der Waals surface area contributed by atoms with Crippen LogP contribution in [0.4, 0.5) is 18.9 Å². The maximum Gasteiger partial charge on any atom is 0.416 e. The van der Waals surface area contributed by atoms with Crippen molar-refractivity contribution in [2.45, 2.75) is 43.8 Å². The molecule has 1 aromatic carbocycles. The number of halogens is 5. The van der Waals surface area contributed by atoms with Crippen molar-refractivity contribution < 1.29 is 27.9 Å². The Hall–Kier alpha value is -3.91. The molecule has 3 aromatic heterocycles. The van der Waals surface area contributed by atoms with Crippen LogP contribution in [-0.4, -0.2) is 54.1 Å². The maximum absolute atomic E-state index is 13.8. The average molecular weight is 680 g/mol. The lowest BCUT2D eigenvalue weighted by molar-refractivity contribution is -0.137. The molecular formula is C28H23BrClF3N6O4. The first-order chi connectivity index (χ1) is 20.4. The van der Waals surface area contributed by atoms with Crippen LogP contribution >= 0.6 is 27.5 Å². The minimum atomic E-state index is -4.58. The molecule has 1 spiro atoms. The zero-order chi connectivity index (χ0) is 30.7. The number of anilines is 1. The van der Waals surface area contributed by atoms with Gasteiger partial charge in [-0.1, -0.05) is 11.6 Å². The molecule has 2 amide bonds. The molecule has 2 aliphatic rings. The molecule has 4 aromatic rings. The highest BCUT2D eigenvalue weighted by Crippen LogP contribution is 2.45. The van der Waals surface area contributed by atoms with Crippen LogP contribution < -0.4 is 10.9 Å². The number of nitrogens with zero attached hydrogens (tertiary/aromatic N) is 5. The standard InChI is InChI=1S/C28H23BrClF3N6O4/c29-20-13-22-38(14-21(41)35-17-4-3-15(12-16(17)30)28(31,32)33)18-5-6-27(23(18)25(42)39(22)36-20)7-10-37(11-8-27)26(43)24-19(40)2-1-9-34-24/h1-4,9,12-13,40H,5-8,10-11,14H2,(H,35,41). The van der Waals surface area contributed by atoms with Gasteiger partial charge < -0.3 is 19.9 Å². The van der Waals surface area contributed by atoms with E-state index in [1.165, 1.54) is 22.8 Å². The first kappa shape index (κ1) is 29.2. The second kappa shape index (κ2) is 10.7. The molecule has 0 unspecified atom stereocenters. The molecule has 43 heavy (non-hydrogen) atoms. The minimum absolute atomic E-state index is 0.0236. The number of piperidine rings is 1. The zero-order valence-electron chi connectivity index (χ0n) is 22.3. The number of alkyl halides is 3. The first-order valence-corrected chi connectivity index (χ1v) is 14.5. The SMILES string of the molecule is O=C(Cn1c2c(c(=O)n3nc(Br)cc13)C1(CC2)CCN(C(=O)c2ncccc2O)CC1)Nc1ccc(C(F)(F)F)cc1Cl. The fraction of sp³-hybridized carbons (Fsp3) is 0.321. The van der Waals surface area contributed by atoms with Gasteiger partial charge in [0.15, 0.2) is 5.69 Å². The molecule has 1 aliphatic carbocycles. The van der Waals surface area contributed by atoms with Gasteiger partial charge in [-0.25, -0.2) is 4.98 Å². The monoisotopic (exact) mass is 678 g/mol. The summed E-state index contributed by atoms with van der Waals surface area (Å²) in [4.78, 5) is 45.7. The zero-order valence-corrected chi connectivity index (χ0v) is 24.6. The van der Waals surface area contributed by atoms with E-state index >= 15 is 0 Å². The average Bonchev–Trinajstić information content (AvgIpc) is 3.53. The number of carbonyl (C=O) groups excluding carboxylic acids is 2. The fourth-order valence-electron chi connectivity index (χ4n) is 6.11. The summed E-state index contributed by atoms with van der Waals surface area (Å²) in [6.07, 6.45) is -1.07. The third-order valence-corrected chi connectivity index (χ3v) is 8.90. The van der Waals surface area contributed by atoms with E-state index in [1.54, 1.807) is 15.5 Å². The number of hydrogen-bond donors (Lipinski definition) is 2. The van der Waals surface area contributed by atoms with E-state index < -0.39 is 29.0 Å². The number of nitrogens with one attached hydrogen (secondary N) is 1.